The van der Waals surface area contributed by atoms with Crippen LogP contribution in [-0.2, 0) is 0 Å². The van der Waals surface area contributed by atoms with E-state index in [4.69, 9.17) is 0 Å². The maximum absolute atomic E-state index is 4.52. The maximum Gasteiger partial charge on any atom is 0.0584 e. The van der Waals surface area contributed by atoms with E-state index in [2.05, 4.69) is 29.3 Å². The first-order valence-electron chi connectivity index (χ1n) is 4.86. The van der Waals surface area contributed by atoms with Crippen LogP contribution in [0.4, 0.5) is 0 Å². The van der Waals surface area contributed by atoms with E-state index in [1.54, 1.807) is 0 Å². The molecule has 0 N–H and O–H groups in total. The molecule has 1 rings (SSSR count). The van der Waals surface area contributed by atoms with E-state index in [1.807, 2.05) is 0 Å². The van der Waals surface area contributed by atoms with E-state index in [0.717, 1.165) is 18.4 Å². The predicted octanol–water partition coefficient (Wildman–Crippen LogP) is 3.31. The Balaban J connectivity index is 2.13. The van der Waals surface area contributed by atoms with Gasteiger partial charge in [-0.1, -0.05) is 32.6 Å². The summed E-state index contributed by atoms with van der Waals surface area (Å²) in [5.41, 5.74) is 0. The van der Waals surface area contributed by atoms with Crippen molar-refractivity contribution in [3.05, 3.63) is 0 Å². The summed E-state index contributed by atoms with van der Waals surface area (Å²) < 4.78 is 0. The minimum absolute atomic E-state index is 0.891. The van der Waals surface area contributed by atoms with Gasteiger partial charge in [0.1, 0.15) is 0 Å². The van der Waals surface area contributed by atoms with Crippen LogP contribution in [0.25, 0.3) is 0 Å². The van der Waals surface area contributed by atoms with Gasteiger partial charge in [-0.05, 0) is 30.5 Å². The summed E-state index contributed by atoms with van der Waals surface area (Å²) in [4.78, 5) is 3.95. The first-order valence-corrected chi connectivity index (χ1v) is 5.27. The van der Waals surface area contributed by atoms with Gasteiger partial charge in [0.15, 0.2) is 0 Å². The lowest BCUT2D eigenvalue weighted by Gasteiger charge is -2.25. The van der Waals surface area contributed by atoms with Crippen LogP contribution in [0.1, 0.15) is 39.0 Å². The number of hydrogen-bond acceptors (Lipinski definition) is 2. The van der Waals surface area contributed by atoms with Crippen molar-refractivity contribution in [3.8, 4) is 0 Å². The molecule has 1 nitrogen and oxygen atoms in total. The monoisotopic (exact) mass is 183 g/mol. The van der Waals surface area contributed by atoms with E-state index in [9.17, 15) is 0 Å². The average molecular weight is 183 g/mol. The Labute approximate surface area is 80.3 Å². The Bertz CT molecular complexity index is 165. The van der Waals surface area contributed by atoms with Gasteiger partial charge in [0.05, 0.1) is 5.16 Å². The van der Waals surface area contributed by atoms with Crippen molar-refractivity contribution in [1.82, 2.24) is 0 Å². The number of hydrogen-bond donors (Lipinski definition) is 0. The Kier molecular flexibility index (Phi) is 4.49. The second-order valence-corrected chi connectivity index (χ2v) is 4.07. The van der Waals surface area contributed by atoms with Gasteiger partial charge in [0.25, 0.3) is 0 Å². The summed E-state index contributed by atoms with van der Waals surface area (Å²) in [5, 5.41) is 2.42. The minimum atomic E-state index is 0.891. The molecule has 0 aromatic carbocycles. The third kappa shape index (κ3) is 3.46. The topological polar surface area (TPSA) is 12.4 Å². The zero-order valence-electron chi connectivity index (χ0n) is 7.75. The molecule has 0 aromatic heterocycles. The molecule has 0 heterocycles. The van der Waals surface area contributed by atoms with Gasteiger partial charge in [0, 0.05) is 6.54 Å². The molecular weight excluding hydrogens is 166 g/mol. The van der Waals surface area contributed by atoms with E-state index in [-0.39, 0.29) is 0 Å². The van der Waals surface area contributed by atoms with E-state index in [0.29, 0.717) is 0 Å². The van der Waals surface area contributed by atoms with Gasteiger partial charge in [-0.15, -0.1) is 0 Å². The van der Waals surface area contributed by atoms with Gasteiger partial charge >= 0.3 is 0 Å². The number of nitrogens with zero attached hydrogens (tertiary/aromatic N) is 1. The molecule has 0 saturated heterocycles. The molecule has 0 spiro atoms. The number of rotatable bonds is 3. The molecule has 1 aliphatic carbocycles. The first-order chi connectivity index (χ1) is 5.83. The van der Waals surface area contributed by atoms with Crippen LogP contribution in [0.3, 0.4) is 0 Å². The highest BCUT2D eigenvalue weighted by molar-refractivity contribution is 7.78. The van der Waals surface area contributed by atoms with Gasteiger partial charge in [-0.25, -0.2) is 4.99 Å². The Hall–Kier alpha value is -0.200. The molecule has 12 heavy (non-hydrogen) atoms. The Morgan fingerprint density at radius 1 is 1.33 bits per heavy atom. The van der Waals surface area contributed by atoms with Crippen LogP contribution in [0, 0.1) is 11.8 Å². The quantitative estimate of drug-likeness (QED) is 0.483. The third-order valence-electron chi connectivity index (χ3n) is 2.85. The molecule has 1 saturated carbocycles. The SMILES string of the molecule is CC1CCC(CCN=C=S)CC1. The highest BCUT2D eigenvalue weighted by Crippen LogP contribution is 2.30. The molecule has 0 bridgehead atoms. The van der Waals surface area contributed by atoms with E-state index >= 15 is 0 Å². The molecule has 1 fully saturated rings. The van der Waals surface area contributed by atoms with Crippen molar-refractivity contribution < 1.29 is 0 Å². The van der Waals surface area contributed by atoms with Crippen molar-refractivity contribution in [3.63, 3.8) is 0 Å². The summed E-state index contributed by atoms with van der Waals surface area (Å²) >= 11 is 4.52. The lowest BCUT2D eigenvalue weighted by atomic mass is 9.81. The van der Waals surface area contributed by atoms with Crippen molar-refractivity contribution in [2.75, 3.05) is 6.54 Å². The standard InChI is InChI=1S/C10H17NS/c1-9-2-4-10(5-3-9)6-7-11-8-12/h9-10H,2-7H2,1H3. The number of aliphatic imine (C=N–C) groups is 1. The fourth-order valence-corrected chi connectivity index (χ4v) is 2.00. The number of thiocarbonyl (C=S) groups is 1. The summed E-state index contributed by atoms with van der Waals surface area (Å²) in [7, 11) is 0. The fourth-order valence-electron chi connectivity index (χ4n) is 1.91. The predicted molar refractivity (Wildman–Crippen MR) is 55.6 cm³/mol. The molecule has 0 aliphatic heterocycles. The summed E-state index contributed by atoms with van der Waals surface area (Å²) in [6.07, 6.45) is 6.83. The van der Waals surface area contributed by atoms with E-state index in [1.165, 1.54) is 32.1 Å². The third-order valence-corrected chi connectivity index (χ3v) is 2.98. The lowest BCUT2D eigenvalue weighted by molar-refractivity contribution is 0.280. The van der Waals surface area contributed by atoms with Crippen LogP contribution >= 0.6 is 12.2 Å². The lowest BCUT2D eigenvalue weighted by Crippen LogP contribution is -2.12. The van der Waals surface area contributed by atoms with Crippen LogP contribution < -0.4 is 0 Å². The number of isothiocyanates is 1. The van der Waals surface area contributed by atoms with Gasteiger partial charge in [0.2, 0.25) is 0 Å². The summed E-state index contributed by atoms with van der Waals surface area (Å²) in [5.74, 6) is 1.86. The molecule has 0 radical (unpaired) electrons. The average Bonchev–Trinajstić information content (AvgIpc) is 2.09. The summed E-state index contributed by atoms with van der Waals surface area (Å²) in [6, 6.07) is 0. The maximum atomic E-state index is 4.52. The van der Waals surface area contributed by atoms with Crippen LogP contribution in [0.5, 0.6) is 0 Å². The van der Waals surface area contributed by atoms with Gasteiger partial charge in [-0.3, -0.25) is 0 Å². The molecule has 1 aliphatic rings. The zero-order chi connectivity index (χ0) is 8.81. The van der Waals surface area contributed by atoms with Crippen LogP contribution in [-0.4, -0.2) is 11.7 Å². The van der Waals surface area contributed by atoms with E-state index < -0.39 is 0 Å². The van der Waals surface area contributed by atoms with Crippen molar-refractivity contribution in [1.29, 1.82) is 0 Å². The highest BCUT2D eigenvalue weighted by atomic mass is 32.1. The van der Waals surface area contributed by atoms with Crippen molar-refractivity contribution in [2.24, 2.45) is 16.8 Å². The molecule has 0 amide bonds. The largest absolute Gasteiger partial charge is 0.233 e. The fraction of sp³-hybridized carbons (Fsp3) is 0.900. The van der Waals surface area contributed by atoms with Crippen LogP contribution in [0.2, 0.25) is 0 Å². The Morgan fingerprint density at radius 3 is 2.58 bits per heavy atom. The highest BCUT2D eigenvalue weighted by Gasteiger charge is 2.17. The Morgan fingerprint density at radius 2 is 2.00 bits per heavy atom. The van der Waals surface area contributed by atoms with Gasteiger partial charge in [-0.2, -0.15) is 0 Å². The normalized spacial score (nSPS) is 29.4. The molecule has 68 valence electrons. The summed E-state index contributed by atoms with van der Waals surface area (Å²) in [6.45, 7) is 3.24. The smallest absolute Gasteiger partial charge is 0.0584 e. The zero-order valence-corrected chi connectivity index (χ0v) is 8.57. The molecule has 0 unspecified atom stereocenters. The van der Waals surface area contributed by atoms with Crippen molar-refractivity contribution >= 4 is 17.4 Å². The molecular formula is C10H17NS. The second-order valence-electron chi connectivity index (χ2n) is 3.89. The molecule has 0 aromatic rings. The first kappa shape index (κ1) is 9.88. The minimum Gasteiger partial charge on any atom is -0.233 e. The second kappa shape index (κ2) is 5.45. The molecule has 0 atom stereocenters. The van der Waals surface area contributed by atoms with Crippen molar-refractivity contribution in [2.45, 2.75) is 39.0 Å². The molecule has 2 heteroatoms. The van der Waals surface area contributed by atoms with Gasteiger partial charge < -0.3 is 0 Å². The van der Waals surface area contributed by atoms with Crippen LogP contribution in [0.15, 0.2) is 4.99 Å².